The van der Waals surface area contributed by atoms with E-state index in [9.17, 15) is 14.7 Å². The molecule has 0 aromatic carbocycles. The Morgan fingerprint density at radius 1 is 1.24 bits per heavy atom. The maximum Gasteiger partial charge on any atom is 0.407 e. The predicted molar refractivity (Wildman–Crippen MR) is 121 cm³/mol. The summed E-state index contributed by atoms with van der Waals surface area (Å²) in [6, 6.07) is 3.23. The van der Waals surface area contributed by atoms with Crippen molar-refractivity contribution in [3.8, 4) is 17.1 Å². The number of aryl methyl sites for hydroxylation is 1. The van der Waals surface area contributed by atoms with Crippen LogP contribution in [0.3, 0.4) is 0 Å². The molecule has 0 bridgehead atoms. The zero-order chi connectivity index (χ0) is 22.9. The molecule has 10 nitrogen and oxygen atoms in total. The summed E-state index contributed by atoms with van der Waals surface area (Å²) in [5.74, 6) is 0.781. The Balaban J connectivity index is 1.38. The topological polar surface area (TPSA) is 114 Å². The van der Waals surface area contributed by atoms with Crippen LogP contribution in [0.25, 0.3) is 22.0 Å². The van der Waals surface area contributed by atoms with Crippen LogP contribution >= 0.6 is 11.3 Å². The van der Waals surface area contributed by atoms with Crippen LogP contribution in [0.5, 0.6) is 5.75 Å². The number of nitrogens with zero attached hydrogens (tertiary/aromatic N) is 6. The summed E-state index contributed by atoms with van der Waals surface area (Å²) in [6.07, 6.45) is 6.19. The van der Waals surface area contributed by atoms with Crippen LogP contribution in [0.4, 0.5) is 4.79 Å². The monoisotopic (exact) mass is 466 g/mol. The SMILES string of the molecule is COc1cc(-c2cc(=O)n3cc([C@H]4CCN(C(=O)O)C5(CC5)C4)sc3n2)nn2cc(C)nc12. The second kappa shape index (κ2) is 7.01. The highest BCUT2D eigenvalue weighted by Crippen LogP contribution is 2.53. The molecule has 0 unspecified atom stereocenters. The molecule has 1 aliphatic heterocycles. The summed E-state index contributed by atoms with van der Waals surface area (Å²) in [5, 5.41) is 14.1. The van der Waals surface area contributed by atoms with Crippen LogP contribution in [0.2, 0.25) is 0 Å². The average Bonchev–Trinajstić information content (AvgIpc) is 3.22. The third kappa shape index (κ3) is 3.17. The Morgan fingerprint density at radius 2 is 2.06 bits per heavy atom. The summed E-state index contributed by atoms with van der Waals surface area (Å²) >= 11 is 1.49. The zero-order valence-corrected chi connectivity index (χ0v) is 19.0. The average molecular weight is 467 g/mol. The first-order chi connectivity index (χ1) is 15.9. The first-order valence-corrected chi connectivity index (χ1v) is 11.6. The molecule has 6 rings (SSSR count). The second-order valence-corrected chi connectivity index (χ2v) is 9.90. The molecule has 33 heavy (non-hydrogen) atoms. The Bertz CT molecular complexity index is 1480. The normalized spacial score (nSPS) is 19.5. The molecule has 1 spiro atoms. The van der Waals surface area contributed by atoms with Gasteiger partial charge in [-0.1, -0.05) is 0 Å². The number of aromatic nitrogens is 5. The quantitative estimate of drug-likeness (QED) is 0.493. The molecule has 2 aliphatic rings. The number of methoxy groups -OCH3 is 1. The number of thiazole rings is 1. The molecule has 1 saturated heterocycles. The van der Waals surface area contributed by atoms with Gasteiger partial charge in [-0.2, -0.15) is 5.10 Å². The largest absolute Gasteiger partial charge is 0.493 e. The zero-order valence-electron chi connectivity index (χ0n) is 18.2. The van der Waals surface area contributed by atoms with Gasteiger partial charge in [-0.15, -0.1) is 11.3 Å². The first kappa shape index (κ1) is 20.2. The molecule has 170 valence electrons. The Kier molecular flexibility index (Phi) is 4.28. The van der Waals surface area contributed by atoms with Gasteiger partial charge >= 0.3 is 6.09 Å². The standard InChI is InChI=1S/C22H22N6O4S/c1-12-10-28-19(23-12)16(32-2)7-15(25-28)14-8-18(29)26-11-17(33-20(26)24-14)13-3-6-27(21(30)31)22(9-13)4-5-22/h7-8,10-11,13H,3-6,9H2,1-2H3,(H,30,31)/t13-/m0/s1. The lowest BCUT2D eigenvalue weighted by molar-refractivity contribution is 0.0913. The van der Waals surface area contributed by atoms with Crippen LogP contribution in [0.1, 0.15) is 42.2 Å². The van der Waals surface area contributed by atoms with E-state index in [-0.39, 0.29) is 17.0 Å². The van der Waals surface area contributed by atoms with Gasteiger partial charge in [-0.3, -0.25) is 9.20 Å². The van der Waals surface area contributed by atoms with E-state index in [1.165, 1.54) is 17.4 Å². The molecule has 0 radical (unpaired) electrons. The minimum absolute atomic E-state index is 0.177. The van der Waals surface area contributed by atoms with Crippen molar-refractivity contribution in [2.24, 2.45) is 0 Å². The summed E-state index contributed by atoms with van der Waals surface area (Å²) in [7, 11) is 1.57. The van der Waals surface area contributed by atoms with E-state index in [1.54, 1.807) is 33.2 Å². The fourth-order valence-electron chi connectivity index (χ4n) is 4.93. The lowest BCUT2D eigenvalue weighted by Gasteiger charge is -2.38. The van der Waals surface area contributed by atoms with Crippen LogP contribution in [-0.2, 0) is 0 Å². The number of hydrogen-bond donors (Lipinski definition) is 1. The minimum atomic E-state index is -0.835. The fourth-order valence-corrected chi connectivity index (χ4v) is 6.05. The molecule has 1 saturated carbocycles. The number of fused-ring (bicyclic) bond motifs is 2. The van der Waals surface area contributed by atoms with Gasteiger partial charge in [0.25, 0.3) is 5.56 Å². The summed E-state index contributed by atoms with van der Waals surface area (Å²) < 4.78 is 8.69. The van der Waals surface area contributed by atoms with Crippen LogP contribution < -0.4 is 10.3 Å². The first-order valence-electron chi connectivity index (χ1n) is 10.8. The Labute approximate surface area is 192 Å². The number of rotatable bonds is 3. The Morgan fingerprint density at radius 3 is 2.79 bits per heavy atom. The molecule has 1 atom stereocenters. The van der Waals surface area contributed by atoms with Gasteiger partial charge < -0.3 is 14.7 Å². The van der Waals surface area contributed by atoms with Gasteiger partial charge in [0, 0.05) is 35.3 Å². The van der Waals surface area contributed by atoms with Gasteiger partial charge in [0.1, 0.15) is 5.69 Å². The van der Waals surface area contributed by atoms with Crippen molar-refractivity contribution in [2.75, 3.05) is 13.7 Å². The van der Waals surface area contributed by atoms with Crippen LogP contribution in [0, 0.1) is 6.92 Å². The number of carbonyl (C=O) groups is 1. The van der Waals surface area contributed by atoms with E-state index in [1.807, 2.05) is 13.1 Å². The lowest BCUT2D eigenvalue weighted by Crippen LogP contribution is -2.46. The molecule has 1 aliphatic carbocycles. The molecule has 4 aromatic heterocycles. The van der Waals surface area contributed by atoms with Gasteiger partial charge in [0.2, 0.25) is 0 Å². The molecular weight excluding hydrogens is 444 g/mol. The Hall–Kier alpha value is -3.47. The van der Waals surface area contributed by atoms with Crippen LogP contribution in [0.15, 0.2) is 29.3 Å². The van der Waals surface area contributed by atoms with E-state index in [2.05, 4.69) is 10.1 Å². The number of hydrogen-bond acceptors (Lipinski definition) is 7. The highest BCUT2D eigenvalue weighted by atomic mass is 32.1. The number of piperidine rings is 1. The van der Waals surface area contributed by atoms with E-state index in [0.717, 1.165) is 36.3 Å². The van der Waals surface area contributed by atoms with E-state index in [4.69, 9.17) is 9.72 Å². The van der Waals surface area contributed by atoms with E-state index < -0.39 is 6.09 Å². The maximum absolute atomic E-state index is 12.9. The fraction of sp³-hybridized carbons (Fsp3) is 0.409. The highest BCUT2D eigenvalue weighted by molar-refractivity contribution is 7.17. The molecule has 2 fully saturated rings. The number of imidazole rings is 1. The van der Waals surface area contributed by atoms with Crippen molar-refractivity contribution in [1.29, 1.82) is 0 Å². The predicted octanol–water partition coefficient (Wildman–Crippen LogP) is 3.17. The summed E-state index contributed by atoms with van der Waals surface area (Å²) in [6.45, 7) is 2.40. The molecular formula is C22H22N6O4S. The smallest absolute Gasteiger partial charge is 0.407 e. The minimum Gasteiger partial charge on any atom is -0.493 e. The summed E-state index contributed by atoms with van der Waals surface area (Å²) in [5.41, 5.74) is 2.01. The van der Waals surface area contributed by atoms with Crippen molar-refractivity contribution < 1.29 is 14.6 Å². The van der Waals surface area contributed by atoms with Crippen molar-refractivity contribution in [2.45, 2.75) is 44.1 Å². The van der Waals surface area contributed by atoms with Gasteiger partial charge in [-0.25, -0.2) is 19.3 Å². The molecule has 4 aromatic rings. The van der Waals surface area contributed by atoms with Crippen molar-refractivity contribution >= 4 is 28.0 Å². The number of amides is 1. The number of ether oxygens (including phenoxy) is 1. The van der Waals surface area contributed by atoms with E-state index in [0.29, 0.717) is 34.3 Å². The highest BCUT2D eigenvalue weighted by Gasteiger charge is 2.53. The maximum atomic E-state index is 12.9. The van der Waals surface area contributed by atoms with Crippen molar-refractivity contribution in [3.05, 3.63) is 45.5 Å². The number of carboxylic acid groups (broad SMARTS) is 1. The van der Waals surface area contributed by atoms with Gasteiger partial charge in [-0.05, 0) is 38.5 Å². The van der Waals surface area contributed by atoms with Gasteiger partial charge in [0.15, 0.2) is 16.4 Å². The third-order valence-electron chi connectivity index (χ3n) is 6.74. The van der Waals surface area contributed by atoms with Crippen LogP contribution in [-0.4, -0.2) is 59.3 Å². The van der Waals surface area contributed by atoms with E-state index >= 15 is 0 Å². The molecule has 11 heteroatoms. The van der Waals surface area contributed by atoms with Crippen molar-refractivity contribution in [3.63, 3.8) is 0 Å². The van der Waals surface area contributed by atoms with Gasteiger partial charge in [0.05, 0.1) is 24.7 Å². The number of likely N-dealkylation sites (tertiary alicyclic amines) is 1. The lowest BCUT2D eigenvalue weighted by atomic mass is 9.88. The second-order valence-electron chi connectivity index (χ2n) is 8.86. The summed E-state index contributed by atoms with van der Waals surface area (Å²) in [4.78, 5) is 37.0. The van der Waals surface area contributed by atoms with Crippen molar-refractivity contribution in [1.82, 2.24) is 28.9 Å². The molecule has 5 heterocycles. The molecule has 1 N–H and O–H groups in total. The molecule has 1 amide bonds. The third-order valence-corrected chi connectivity index (χ3v) is 7.89.